The van der Waals surface area contributed by atoms with Gasteiger partial charge in [0.25, 0.3) is 5.91 Å². The summed E-state index contributed by atoms with van der Waals surface area (Å²) in [4.78, 5) is 14.5. The van der Waals surface area contributed by atoms with Crippen molar-refractivity contribution < 1.29 is 4.79 Å². The normalized spacial score (nSPS) is 23.6. The average molecular weight is 341 g/mol. The molecule has 1 saturated carbocycles. The predicted octanol–water partition coefficient (Wildman–Crippen LogP) is 2.33. The van der Waals surface area contributed by atoms with E-state index in [1.54, 1.807) is 0 Å². The molecule has 6 heteroatoms. The molecule has 0 unspecified atom stereocenters. The maximum atomic E-state index is 12.1. The zero-order chi connectivity index (χ0) is 17.9. The van der Waals surface area contributed by atoms with Crippen molar-refractivity contribution in [3.05, 3.63) is 47.3 Å². The SMILES string of the molecule is Cc1ccc(CC2(N(C)C)CCC(NC(=O)c3cn[nH]n3)CC2)cc1. The maximum absolute atomic E-state index is 12.1. The molecule has 0 bridgehead atoms. The summed E-state index contributed by atoms with van der Waals surface area (Å²) in [6.45, 7) is 2.12. The monoisotopic (exact) mass is 341 g/mol. The third-order valence-corrected chi connectivity index (χ3v) is 5.50. The lowest BCUT2D eigenvalue weighted by atomic mass is 9.74. The Kier molecular flexibility index (Phi) is 5.18. The van der Waals surface area contributed by atoms with Crippen LogP contribution >= 0.6 is 0 Å². The minimum atomic E-state index is -0.144. The highest BCUT2D eigenvalue weighted by Crippen LogP contribution is 2.35. The molecule has 0 saturated heterocycles. The average Bonchev–Trinajstić information content (AvgIpc) is 3.13. The van der Waals surface area contributed by atoms with Crippen LogP contribution in [0.2, 0.25) is 0 Å². The van der Waals surface area contributed by atoms with Gasteiger partial charge in [-0.15, -0.1) is 0 Å². The summed E-state index contributed by atoms with van der Waals surface area (Å²) in [5.74, 6) is -0.144. The number of rotatable bonds is 5. The van der Waals surface area contributed by atoms with Gasteiger partial charge in [0.1, 0.15) is 0 Å². The number of nitrogens with one attached hydrogen (secondary N) is 2. The molecule has 0 spiro atoms. The molecule has 1 aliphatic rings. The van der Waals surface area contributed by atoms with E-state index in [4.69, 9.17) is 0 Å². The zero-order valence-electron chi connectivity index (χ0n) is 15.2. The summed E-state index contributed by atoms with van der Waals surface area (Å²) in [6.07, 6.45) is 6.60. The third kappa shape index (κ3) is 4.07. The van der Waals surface area contributed by atoms with Gasteiger partial charge in [0.05, 0.1) is 6.20 Å². The number of carbonyl (C=O) groups excluding carboxylic acids is 1. The molecule has 0 aliphatic heterocycles. The van der Waals surface area contributed by atoms with Crippen molar-refractivity contribution in [1.29, 1.82) is 0 Å². The quantitative estimate of drug-likeness (QED) is 0.875. The van der Waals surface area contributed by atoms with Crippen LogP contribution in [0.25, 0.3) is 0 Å². The molecule has 2 N–H and O–H groups in total. The second-order valence-corrected chi connectivity index (χ2v) is 7.38. The maximum Gasteiger partial charge on any atom is 0.273 e. The van der Waals surface area contributed by atoms with E-state index in [0.717, 1.165) is 32.1 Å². The van der Waals surface area contributed by atoms with Crippen LogP contribution in [0, 0.1) is 6.92 Å². The van der Waals surface area contributed by atoms with Gasteiger partial charge in [-0.2, -0.15) is 15.4 Å². The van der Waals surface area contributed by atoms with Crippen molar-refractivity contribution in [2.45, 2.75) is 50.6 Å². The second-order valence-electron chi connectivity index (χ2n) is 7.38. The van der Waals surface area contributed by atoms with Crippen molar-refractivity contribution in [2.24, 2.45) is 0 Å². The van der Waals surface area contributed by atoms with Gasteiger partial charge in [-0.25, -0.2) is 0 Å². The number of likely N-dealkylation sites (N-methyl/N-ethyl adjacent to an activating group) is 1. The van der Waals surface area contributed by atoms with E-state index in [0.29, 0.717) is 5.69 Å². The van der Waals surface area contributed by atoms with E-state index in [-0.39, 0.29) is 17.5 Å². The van der Waals surface area contributed by atoms with Crippen LogP contribution in [0.3, 0.4) is 0 Å². The molecule has 2 aromatic rings. The van der Waals surface area contributed by atoms with E-state index in [9.17, 15) is 4.79 Å². The Morgan fingerprint density at radius 3 is 2.52 bits per heavy atom. The summed E-state index contributed by atoms with van der Waals surface area (Å²) < 4.78 is 0. The van der Waals surface area contributed by atoms with E-state index in [1.807, 2.05) is 0 Å². The summed E-state index contributed by atoms with van der Waals surface area (Å²) in [5, 5.41) is 13.1. The van der Waals surface area contributed by atoms with Crippen LogP contribution in [0.1, 0.15) is 47.3 Å². The number of nitrogens with zero attached hydrogens (tertiary/aromatic N) is 3. The van der Waals surface area contributed by atoms with Crippen molar-refractivity contribution in [3.8, 4) is 0 Å². The van der Waals surface area contributed by atoms with Gasteiger partial charge < -0.3 is 10.2 Å². The molecule has 6 nitrogen and oxygen atoms in total. The first-order valence-corrected chi connectivity index (χ1v) is 8.88. The highest BCUT2D eigenvalue weighted by Gasteiger charge is 2.37. The van der Waals surface area contributed by atoms with E-state index in [2.05, 4.69) is 70.9 Å². The Morgan fingerprint density at radius 2 is 1.96 bits per heavy atom. The molecule has 0 atom stereocenters. The number of hydrogen-bond acceptors (Lipinski definition) is 4. The van der Waals surface area contributed by atoms with Crippen LogP contribution in [-0.2, 0) is 6.42 Å². The molecule has 1 aliphatic carbocycles. The molecule has 1 amide bonds. The molecular weight excluding hydrogens is 314 g/mol. The van der Waals surface area contributed by atoms with Crippen molar-refractivity contribution in [1.82, 2.24) is 25.6 Å². The van der Waals surface area contributed by atoms with Crippen LogP contribution < -0.4 is 5.32 Å². The van der Waals surface area contributed by atoms with Gasteiger partial charge >= 0.3 is 0 Å². The fourth-order valence-corrected chi connectivity index (χ4v) is 3.74. The molecule has 1 fully saturated rings. The van der Waals surface area contributed by atoms with Gasteiger partial charge in [0, 0.05) is 11.6 Å². The van der Waals surface area contributed by atoms with Gasteiger partial charge in [0.2, 0.25) is 0 Å². The van der Waals surface area contributed by atoms with Crippen LogP contribution in [0.5, 0.6) is 0 Å². The van der Waals surface area contributed by atoms with Crippen molar-refractivity contribution in [2.75, 3.05) is 14.1 Å². The minimum absolute atomic E-state index is 0.144. The summed E-state index contributed by atoms with van der Waals surface area (Å²) >= 11 is 0. The first-order chi connectivity index (χ1) is 12.0. The predicted molar refractivity (Wildman–Crippen MR) is 97.4 cm³/mol. The molecule has 3 rings (SSSR count). The second kappa shape index (κ2) is 7.35. The van der Waals surface area contributed by atoms with Gasteiger partial charge in [-0.1, -0.05) is 29.8 Å². The van der Waals surface area contributed by atoms with Crippen molar-refractivity contribution >= 4 is 5.91 Å². The van der Waals surface area contributed by atoms with Crippen LogP contribution in [-0.4, -0.2) is 51.9 Å². The molecule has 1 aromatic carbocycles. The van der Waals surface area contributed by atoms with Gasteiger partial charge in [-0.3, -0.25) is 4.79 Å². The Balaban J connectivity index is 1.62. The minimum Gasteiger partial charge on any atom is -0.348 e. The molecule has 134 valence electrons. The molecule has 1 heterocycles. The molecular formula is C19H27N5O. The number of aromatic amines is 1. The number of hydrogen-bond donors (Lipinski definition) is 2. The number of benzene rings is 1. The Morgan fingerprint density at radius 1 is 1.28 bits per heavy atom. The number of aryl methyl sites for hydroxylation is 1. The van der Waals surface area contributed by atoms with Crippen LogP contribution in [0.4, 0.5) is 0 Å². The number of H-pyrrole nitrogens is 1. The lowest BCUT2D eigenvalue weighted by Gasteiger charge is -2.45. The summed E-state index contributed by atoms with van der Waals surface area (Å²) in [6, 6.07) is 9.04. The highest BCUT2D eigenvalue weighted by atomic mass is 16.2. The van der Waals surface area contributed by atoms with Gasteiger partial charge in [0.15, 0.2) is 5.69 Å². The third-order valence-electron chi connectivity index (χ3n) is 5.50. The Labute approximate surface area is 149 Å². The first kappa shape index (κ1) is 17.6. The van der Waals surface area contributed by atoms with E-state index in [1.165, 1.54) is 17.3 Å². The number of carbonyl (C=O) groups is 1. The summed E-state index contributed by atoms with van der Waals surface area (Å²) in [7, 11) is 4.34. The van der Waals surface area contributed by atoms with E-state index < -0.39 is 0 Å². The number of aromatic nitrogens is 3. The van der Waals surface area contributed by atoms with E-state index >= 15 is 0 Å². The lowest BCUT2D eigenvalue weighted by Crippen LogP contribution is -2.52. The fraction of sp³-hybridized carbons (Fsp3) is 0.526. The first-order valence-electron chi connectivity index (χ1n) is 8.88. The summed E-state index contributed by atoms with van der Waals surface area (Å²) in [5.41, 5.74) is 3.18. The van der Waals surface area contributed by atoms with Crippen LogP contribution in [0.15, 0.2) is 30.5 Å². The van der Waals surface area contributed by atoms with Gasteiger partial charge in [-0.05, 0) is 58.7 Å². The Bertz CT molecular complexity index is 685. The molecule has 25 heavy (non-hydrogen) atoms. The van der Waals surface area contributed by atoms with Crippen molar-refractivity contribution in [3.63, 3.8) is 0 Å². The zero-order valence-corrected chi connectivity index (χ0v) is 15.2. The molecule has 1 aromatic heterocycles. The Hall–Kier alpha value is -2.21. The largest absolute Gasteiger partial charge is 0.348 e. The number of amides is 1. The smallest absolute Gasteiger partial charge is 0.273 e. The molecule has 0 radical (unpaired) electrons. The fourth-order valence-electron chi connectivity index (χ4n) is 3.74. The highest BCUT2D eigenvalue weighted by molar-refractivity contribution is 5.91. The topological polar surface area (TPSA) is 73.9 Å². The lowest BCUT2D eigenvalue weighted by molar-refractivity contribution is 0.0767. The standard InChI is InChI=1S/C19H27N5O/c1-14-4-6-15(7-5-14)12-19(24(2)3)10-8-16(9-11-19)21-18(25)17-13-20-23-22-17/h4-7,13,16H,8-12H2,1-3H3,(H,21,25)(H,20,22,23).